The molecule has 120 valence electrons. The Kier molecular flexibility index (Phi) is 4.91. The molecule has 0 saturated carbocycles. The van der Waals surface area contributed by atoms with E-state index in [0.717, 1.165) is 0 Å². The van der Waals surface area contributed by atoms with Crippen LogP contribution in [0.5, 0.6) is 0 Å². The molecule has 0 bridgehead atoms. The van der Waals surface area contributed by atoms with Gasteiger partial charge in [-0.25, -0.2) is 0 Å². The first-order valence-electron chi connectivity index (χ1n) is 6.55. The van der Waals surface area contributed by atoms with E-state index >= 15 is 0 Å². The SMILES string of the molecule is Cc1cc(C(=O)NNC(=S)Nc2ccc([N+](=O)[O-])cc2)c(C)o1. The van der Waals surface area contributed by atoms with Gasteiger partial charge in [-0.15, -0.1) is 0 Å². The lowest BCUT2D eigenvalue weighted by atomic mass is 10.2. The van der Waals surface area contributed by atoms with Crippen LogP contribution in [-0.2, 0) is 0 Å². The number of carbonyl (C=O) groups is 1. The van der Waals surface area contributed by atoms with Gasteiger partial charge >= 0.3 is 0 Å². The summed E-state index contributed by atoms with van der Waals surface area (Å²) in [5, 5.41) is 13.5. The lowest BCUT2D eigenvalue weighted by Gasteiger charge is -2.11. The summed E-state index contributed by atoms with van der Waals surface area (Å²) < 4.78 is 5.28. The van der Waals surface area contributed by atoms with Gasteiger partial charge in [-0.05, 0) is 44.3 Å². The highest BCUT2D eigenvalue weighted by molar-refractivity contribution is 7.80. The van der Waals surface area contributed by atoms with Gasteiger partial charge in [0.25, 0.3) is 11.6 Å². The average Bonchev–Trinajstić information content (AvgIpc) is 2.84. The van der Waals surface area contributed by atoms with Crippen LogP contribution in [0, 0.1) is 24.0 Å². The fraction of sp³-hybridized carbons (Fsp3) is 0.143. The largest absolute Gasteiger partial charge is 0.466 e. The molecule has 0 saturated heterocycles. The number of furan rings is 1. The Labute approximate surface area is 137 Å². The van der Waals surface area contributed by atoms with Gasteiger partial charge in [0.1, 0.15) is 11.5 Å². The van der Waals surface area contributed by atoms with Crippen LogP contribution in [0.2, 0.25) is 0 Å². The number of hydrogen-bond donors (Lipinski definition) is 3. The number of thiocarbonyl (C=S) groups is 1. The van der Waals surface area contributed by atoms with Crippen molar-refractivity contribution in [3.63, 3.8) is 0 Å². The summed E-state index contributed by atoms with van der Waals surface area (Å²) in [5.74, 6) is 0.766. The minimum Gasteiger partial charge on any atom is -0.466 e. The summed E-state index contributed by atoms with van der Waals surface area (Å²) in [6.45, 7) is 3.44. The van der Waals surface area contributed by atoms with Crippen molar-refractivity contribution < 1.29 is 14.1 Å². The summed E-state index contributed by atoms with van der Waals surface area (Å²) in [6, 6.07) is 7.34. The number of non-ortho nitro benzene ring substituents is 1. The molecule has 2 aromatic rings. The summed E-state index contributed by atoms with van der Waals surface area (Å²) in [6.07, 6.45) is 0. The Bertz CT molecular complexity index is 755. The van der Waals surface area contributed by atoms with Crippen LogP contribution in [-0.4, -0.2) is 15.9 Å². The van der Waals surface area contributed by atoms with E-state index < -0.39 is 4.92 Å². The van der Waals surface area contributed by atoms with Gasteiger partial charge in [0, 0.05) is 17.8 Å². The van der Waals surface area contributed by atoms with E-state index in [9.17, 15) is 14.9 Å². The average molecular weight is 334 g/mol. The van der Waals surface area contributed by atoms with E-state index in [1.807, 2.05) is 0 Å². The predicted octanol–water partition coefficient (Wildman–Crippen LogP) is 2.44. The molecule has 0 aliphatic carbocycles. The summed E-state index contributed by atoms with van der Waals surface area (Å²) in [7, 11) is 0. The zero-order valence-corrected chi connectivity index (χ0v) is 13.2. The van der Waals surface area contributed by atoms with Crippen molar-refractivity contribution in [3.05, 3.63) is 57.5 Å². The summed E-state index contributed by atoms with van der Waals surface area (Å²) >= 11 is 5.03. The Hall–Kier alpha value is -2.94. The number of nitrogens with zero attached hydrogens (tertiary/aromatic N) is 1. The Morgan fingerprint density at radius 2 is 1.87 bits per heavy atom. The van der Waals surface area contributed by atoms with E-state index in [4.69, 9.17) is 16.6 Å². The molecule has 23 heavy (non-hydrogen) atoms. The van der Waals surface area contributed by atoms with Crippen molar-refractivity contribution in [1.29, 1.82) is 0 Å². The maximum atomic E-state index is 12.0. The molecule has 0 aliphatic rings. The smallest absolute Gasteiger partial charge is 0.273 e. The summed E-state index contributed by atoms with van der Waals surface area (Å²) in [4.78, 5) is 22.0. The van der Waals surface area contributed by atoms with Gasteiger partial charge in [0.05, 0.1) is 10.5 Å². The highest BCUT2D eigenvalue weighted by Gasteiger charge is 2.13. The molecule has 0 aliphatic heterocycles. The number of rotatable bonds is 3. The molecule has 0 atom stereocenters. The number of amides is 1. The van der Waals surface area contributed by atoms with Crippen molar-refractivity contribution in [2.24, 2.45) is 0 Å². The van der Waals surface area contributed by atoms with Gasteiger partial charge < -0.3 is 9.73 Å². The number of aryl methyl sites for hydroxylation is 2. The highest BCUT2D eigenvalue weighted by atomic mass is 32.1. The monoisotopic (exact) mass is 334 g/mol. The second kappa shape index (κ2) is 6.88. The maximum Gasteiger partial charge on any atom is 0.273 e. The van der Waals surface area contributed by atoms with Crippen molar-refractivity contribution in [2.45, 2.75) is 13.8 Å². The number of hydrazine groups is 1. The molecular weight excluding hydrogens is 320 g/mol. The van der Waals surface area contributed by atoms with Crippen LogP contribution >= 0.6 is 12.2 Å². The first-order chi connectivity index (χ1) is 10.9. The molecule has 1 aromatic heterocycles. The third-order valence-corrected chi connectivity index (χ3v) is 3.12. The number of nitro groups is 1. The molecule has 2 rings (SSSR count). The zero-order valence-electron chi connectivity index (χ0n) is 12.4. The van der Waals surface area contributed by atoms with Crippen molar-refractivity contribution in [1.82, 2.24) is 10.9 Å². The van der Waals surface area contributed by atoms with Gasteiger partial charge in [-0.1, -0.05) is 0 Å². The van der Waals surface area contributed by atoms with Gasteiger partial charge in [-0.2, -0.15) is 0 Å². The van der Waals surface area contributed by atoms with Gasteiger partial charge in [0.2, 0.25) is 0 Å². The van der Waals surface area contributed by atoms with Crippen LogP contribution in [0.15, 0.2) is 34.7 Å². The van der Waals surface area contributed by atoms with Gasteiger partial charge in [-0.3, -0.25) is 25.8 Å². The van der Waals surface area contributed by atoms with Crippen LogP contribution in [0.4, 0.5) is 11.4 Å². The number of hydrogen-bond acceptors (Lipinski definition) is 5. The van der Waals surface area contributed by atoms with Crippen molar-refractivity contribution >= 4 is 34.6 Å². The number of carbonyl (C=O) groups excluding carboxylic acids is 1. The first-order valence-corrected chi connectivity index (χ1v) is 6.96. The Morgan fingerprint density at radius 3 is 2.39 bits per heavy atom. The molecule has 1 aromatic carbocycles. The van der Waals surface area contributed by atoms with E-state index in [0.29, 0.717) is 22.8 Å². The molecule has 1 amide bonds. The van der Waals surface area contributed by atoms with Gasteiger partial charge in [0.15, 0.2) is 5.11 Å². The molecule has 0 unspecified atom stereocenters. The first kappa shape index (κ1) is 16.4. The zero-order chi connectivity index (χ0) is 17.0. The number of nitro benzene ring substituents is 1. The lowest BCUT2D eigenvalue weighted by Crippen LogP contribution is -2.43. The van der Waals surface area contributed by atoms with Crippen LogP contribution in [0.1, 0.15) is 21.9 Å². The minimum atomic E-state index is -0.490. The number of benzene rings is 1. The van der Waals surface area contributed by atoms with E-state index in [1.54, 1.807) is 19.9 Å². The standard InChI is InChI=1S/C14H14N4O4S/c1-8-7-12(9(2)22-8)13(19)16-17-14(23)15-10-3-5-11(6-4-10)18(20)21/h3-7H,1-2H3,(H,16,19)(H2,15,17,23). The molecule has 0 radical (unpaired) electrons. The molecule has 0 fully saturated rings. The predicted molar refractivity (Wildman–Crippen MR) is 88.1 cm³/mol. The van der Waals surface area contributed by atoms with Crippen LogP contribution in [0.25, 0.3) is 0 Å². The van der Waals surface area contributed by atoms with E-state index in [2.05, 4.69) is 16.2 Å². The quantitative estimate of drug-likeness (QED) is 0.449. The van der Waals surface area contributed by atoms with Crippen LogP contribution in [0.3, 0.4) is 0 Å². The topological polar surface area (TPSA) is 109 Å². The molecule has 3 N–H and O–H groups in total. The third-order valence-electron chi connectivity index (χ3n) is 2.91. The second-order valence-corrected chi connectivity index (χ2v) is 5.07. The summed E-state index contributed by atoms with van der Waals surface area (Å²) in [5.41, 5.74) is 5.93. The third kappa shape index (κ3) is 4.27. The van der Waals surface area contributed by atoms with Crippen LogP contribution < -0.4 is 16.2 Å². The number of nitrogens with one attached hydrogen (secondary N) is 3. The van der Waals surface area contributed by atoms with E-state index in [-0.39, 0.29) is 16.7 Å². The molecular formula is C14H14N4O4S. The Morgan fingerprint density at radius 1 is 1.22 bits per heavy atom. The number of anilines is 1. The molecule has 1 heterocycles. The minimum absolute atomic E-state index is 0.0199. The molecule has 8 nitrogen and oxygen atoms in total. The maximum absolute atomic E-state index is 12.0. The fourth-order valence-electron chi connectivity index (χ4n) is 1.87. The highest BCUT2D eigenvalue weighted by Crippen LogP contribution is 2.15. The van der Waals surface area contributed by atoms with Crippen molar-refractivity contribution in [2.75, 3.05) is 5.32 Å². The Balaban J connectivity index is 1.88. The fourth-order valence-corrected chi connectivity index (χ4v) is 2.03. The molecule has 0 spiro atoms. The normalized spacial score (nSPS) is 10.0. The van der Waals surface area contributed by atoms with Crippen molar-refractivity contribution in [3.8, 4) is 0 Å². The second-order valence-electron chi connectivity index (χ2n) is 4.66. The lowest BCUT2D eigenvalue weighted by molar-refractivity contribution is -0.384. The molecule has 9 heteroatoms. The van der Waals surface area contributed by atoms with E-state index in [1.165, 1.54) is 24.3 Å².